The zero-order valence-corrected chi connectivity index (χ0v) is 11.8. The molecule has 0 radical (unpaired) electrons. The van der Waals surface area contributed by atoms with Gasteiger partial charge >= 0.3 is 0 Å². The summed E-state index contributed by atoms with van der Waals surface area (Å²) in [6.07, 6.45) is 0. The van der Waals surface area contributed by atoms with E-state index >= 15 is 0 Å². The highest BCUT2D eigenvalue weighted by Gasteiger charge is 2.13. The second kappa shape index (κ2) is 5.24. The van der Waals surface area contributed by atoms with E-state index in [9.17, 15) is 8.42 Å². The largest absolute Gasteiger partial charge is 0.446 e. The molecule has 0 saturated heterocycles. The maximum absolute atomic E-state index is 11.1. The van der Waals surface area contributed by atoms with Crippen LogP contribution in [-0.4, -0.2) is 8.42 Å². The van der Waals surface area contributed by atoms with Gasteiger partial charge in [-0.25, -0.2) is 13.6 Å². The smallest absolute Gasteiger partial charge is 0.271 e. The molecule has 1 aromatic heterocycles. The van der Waals surface area contributed by atoms with Crippen molar-refractivity contribution in [3.05, 3.63) is 46.7 Å². The number of rotatable bonds is 4. The zero-order valence-electron chi connectivity index (χ0n) is 10.2. The first-order valence-electron chi connectivity index (χ1n) is 5.48. The number of primary sulfonamides is 1. The molecule has 1 heterocycles. The van der Waals surface area contributed by atoms with Crippen LogP contribution in [0.15, 0.2) is 39.8 Å². The average Bonchev–Trinajstić information content (AvgIpc) is 2.79. The fraction of sp³-hybridized carbons (Fsp3) is 0.167. The first-order chi connectivity index (χ1) is 8.88. The van der Waals surface area contributed by atoms with Crippen molar-refractivity contribution in [2.75, 3.05) is 5.32 Å². The van der Waals surface area contributed by atoms with Crippen molar-refractivity contribution in [3.63, 3.8) is 0 Å². The Hall–Kier alpha value is -1.50. The predicted octanol–water partition coefficient (Wildman–Crippen LogP) is 2.50. The number of furan rings is 1. The number of benzene rings is 1. The lowest BCUT2D eigenvalue weighted by Gasteiger charge is -2.09. The molecular formula is C12H13ClN2O3S. The summed E-state index contributed by atoms with van der Waals surface area (Å²) >= 11 is 6.00. The normalized spacial score (nSPS) is 11.5. The fourth-order valence-electron chi connectivity index (χ4n) is 1.59. The average molecular weight is 301 g/mol. The van der Waals surface area contributed by atoms with Crippen LogP contribution in [0.5, 0.6) is 0 Å². The Balaban J connectivity index is 2.11. The second-order valence-electron chi connectivity index (χ2n) is 4.03. The highest BCUT2D eigenvalue weighted by molar-refractivity contribution is 7.89. The number of halogens is 1. The molecule has 0 spiro atoms. The first-order valence-corrected chi connectivity index (χ1v) is 7.41. The topological polar surface area (TPSA) is 85.3 Å². The molecule has 0 aliphatic carbocycles. The summed E-state index contributed by atoms with van der Waals surface area (Å²) in [7, 11) is -3.80. The molecule has 7 heteroatoms. The number of nitrogens with one attached hydrogen (secondary N) is 1. The van der Waals surface area contributed by atoms with Gasteiger partial charge in [-0.1, -0.05) is 17.7 Å². The lowest BCUT2D eigenvalue weighted by Crippen LogP contribution is -2.10. The van der Waals surface area contributed by atoms with Gasteiger partial charge in [-0.05, 0) is 36.8 Å². The van der Waals surface area contributed by atoms with Gasteiger partial charge in [-0.3, -0.25) is 0 Å². The molecule has 0 atom stereocenters. The van der Waals surface area contributed by atoms with E-state index in [2.05, 4.69) is 5.32 Å². The van der Waals surface area contributed by atoms with Crippen LogP contribution in [0.25, 0.3) is 0 Å². The lowest BCUT2D eigenvalue weighted by atomic mass is 10.2. The van der Waals surface area contributed by atoms with Gasteiger partial charge in [-0.15, -0.1) is 0 Å². The van der Waals surface area contributed by atoms with Crippen molar-refractivity contribution in [3.8, 4) is 0 Å². The minimum Gasteiger partial charge on any atom is -0.446 e. The first kappa shape index (κ1) is 13.9. The SMILES string of the molecule is Cc1c(Cl)cccc1NCc1ccc(S(N)(=O)=O)o1. The number of hydrogen-bond acceptors (Lipinski definition) is 4. The summed E-state index contributed by atoms with van der Waals surface area (Å²) in [5.41, 5.74) is 1.78. The summed E-state index contributed by atoms with van der Waals surface area (Å²) in [5, 5.41) is 8.50. The molecular weight excluding hydrogens is 288 g/mol. The number of sulfonamides is 1. The number of anilines is 1. The van der Waals surface area contributed by atoms with E-state index < -0.39 is 10.0 Å². The molecule has 2 rings (SSSR count). The van der Waals surface area contributed by atoms with E-state index in [1.54, 1.807) is 12.1 Å². The molecule has 0 saturated carbocycles. The third kappa shape index (κ3) is 3.28. The van der Waals surface area contributed by atoms with Crippen molar-refractivity contribution in [1.29, 1.82) is 0 Å². The van der Waals surface area contributed by atoms with E-state index in [0.717, 1.165) is 11.3 Å². The summed E-state index contributed by atoms with van der Waals surface area (Å²) in [6, 6.07) is 8.40. The Morgan fingerprint density at radius 3 is 2.68 bits per heavy atom. The lowest BCUT2D eigenvalue weighted by molar-refractivity contribution is 0.419. The minimum atomic E-state index is -3.80. The molecule has 102 valence electrons. The third-order valence-electron chi connectivity index (χ3n) is 2.64. The van der Waals surface area contributed by atoms with Crippen LogP contribution < -0.4 is 10.5 Å². The van der Waals surface area contributed by atoms with Crippen molar-refractivity contribution in [2.45, 2.75) is 18.6 Å². The molecule has 3 N–H and O–H groups in total. The highest BCUT2D eigenvalue weighted by Crippen LogP contribution is 2.23. The van der Waals surface area contributed by atoms with Gasteiger partial charge in [0.25, 0.3) is 10.0 Å². The summed E-state index contributed by atoms with van der Waals surface area (Å²) in [6.45, 7) is 2.24. The minimum absolute atomic E-state index is 0.243. The molecule has 0 fully saturated rings. The molecule has 1 aromatic carbocycles. The molecule has 0 amide bonds. The standard InChI is InChI=1S/C12H13ClN2O3S/c1-8-10(13)3-2-4-11(8)15-7-9-5-6-12(18-9)19(14,16)17/h2-6,15H,7H2,1H3,(H2,14,16,17). The van der Waals surface area contributed by atoms with Gasteiger partial charge in [0, 0.05) is 10.7 Å². The van der Waals surface area contributed by atoms with E-state index in [0.29, 0.717) is 17.3 Å². The van der Waals surface area contributed by atoms with E-state index in [1.165, 1.54) is 6.07 Å². The fourth-order valence-corrected chi connectivity index (χ4v) is 2.24. The van der Waals surface area contributed by atoms with Crippen molar-refractivity contribution < 1.29 is 12.8 Å². The van der Waals surface area contributed by atoms with Gasteiger partial charge in [0.15, 0.2) is 0 Å². The van der Waals surface area contributed by atoms with Gasteiger partial charge < -0.3 is 9.73 Å². The molecule has 5 nitrogen and oxygen atoms in total. The van der Waals surface area contributed by atoms with Crippen molar-refractivity contribution in [1.82, 2.24) is 0 Å². The molecule has 0 aliphatic heterocycles. The molecule has 2 aromatic rings. The van der Waals surface area contributed by atoms with E-state index in [4.69, 9.17) is 21.2 Å². The van der Waals surface area contributed by atoms with E-state index in [1.807, 2.05) is 19.1 Å². The van der Waals surface area contributed by atoms with Gasteiger partial charge in [0.1, 0.15) is 5.76 Å². The predicted molar refractivity (Wildman–Crippen MR) is 73.6 cm³/mol. The van der Waals surface area contributed by atoms with Gasteiger partial charge in [-0.2, -0.15) is 0 Å². The Morgan fingerprint density at radius 2 is 2.05 bits per heavy atom. The van der Waals surface area contributed by atoms with Crippen LogP contribution in [0, 0.1) is 6.92 Å². The zero-order chi connectivity index (χ0) is 14.0. The second-order valence-corrected chi connectivity index (χ2v) is 5.93. The molecule has 19 heavy (non-hydrogen) atoms. The third-order valence-corrected chi connectivity index (χ3v) is 3.83. The van der Waals surface area contributed by atoms with Crippen LogP contribution in [0.2, 0.25) is 5.02 Å². The summed E-state index contributed by atoms with van der Waals surface area (Å²) in [5.74, 6) is 0.475. The monoisotopic (exact) mass is 300 g/mol. The van der Waals surface area contributed by atoms with Gasteiger partial charge in [0.2, 0.25) is 5.09 Å². The number of nitrogens with two attached hydrogens (primary N) is 1. The van der Waals surface area contributed by atoms with Crippen LogP contribution in [0.1, 0.15) is 11.3 Å². The summed E-state index contributed by atoms with van der Waals surface area (Å²) < 4.78 is 27.3. The summed E-state index contributed by atoms with van der Waals surface area (Å²) in [4.78, 5) is 0. The van der Waals surface area contributed by atoms with Gasteiger partial charge in [0.05, 0.1) is 6.54 Å². The molecule has 0 unspecified atom stereocenters. The highest BCUT2D eigenvalue weighted by atomic mass is 35.5. The van der Waals surface area contributed by atoms with Crippen molar-refractivity contribution in [2.24, 2.45) is 5.14 Å². The van der Waals surface area contributed by atoms with E-state index in [-0.39, 0.29) is 5.09 Å². The van der Waals surface area contributed by atoms with Crippen LogP contribution in [0.3, 0.4) is 0 Å². The van der Waals surface area contributed by atoms with Crippen LogP contribution >= 0.6 is 11.6 Å². The maximum atomic E-state index is 11.1. The Morgan fingerprint density at radius 1 is 1.32 bits per heavy atom. The molecule has 0 aliphatic rings. The van der Waals surface area contributed by atoms with Crippen LogP contribution in [0.4, 0.5) is 5.69 Å². The maximum Gasteiger partial charge on any atom is 0.271 e. The Kier molecular flexibility index (Phi) is 3.84. The Labute approximate surface area is 116 Å². The van der Waals surface area contributed by atoms with Crippen molar-refractivity contribution >= 4 is 27.3 Å². The molecule has 0 bridgehead atoms. The van der Waals surface area contributed by atoms with Crippen LogP contribution in [-0.2, 0) is 16.6 Å². The Bertz CT molecular complexity index is 695. The number of hydrogen-bond donors (Lipinski definition) is 2. The quantitative estimate of drug-likeness (QED) is 0.908.